The Morgan fingerprint density at radius 3 is 2.63 bits per heavy atom. The van der Waals surface area contributed by atoms with Crippen molar-refractivity contribution in [3.63, 3.8) is 0 Å². The molecule has 0 aliphatic rings. The zero-order chi connectivity index (χ0) is 13.7. The van der Waals surface area contributed by atoms with Crippen LogP contribution >= 0.6 is 35.6 Å². The summed E-state index contributed by atoms with van der Waals surface area (Å²) in [5.41, 5.74) is 6.42. The largest absolute Gasteiger partial charge is 0.383 e. The fourth-order valence-corrected chi connectivity index (χ4v) is 2.08. The molecule has 3 N–H and O–H groups in total. The third-order valence-corrected chi connectivity index (χ3v) is 3.03. The maximum absolute atomic E-state index is 11.7. The first kappa shape index (κ1) is 18.5. The van der Waals surface area contributed by atoms with Gasteiger partial charge in [0.2, 0.25) is 5.91 Å². The summed E-state index contributed by atoms with van der Waals surface area (Å²) in [6.07, 6.45) is 0. The van der Waals surface area contributed by atoms with Crippen molar-refractivity contribution in [2.45, 2.75) is 19.0 Å². The molecule has 0 saturated heterocycles. The van der Waals surface area contributed by atoms with E-state index in [1.807, 2.05) is 6.92 Å². The van der Waals surface area contributed by atoms with Gasteiger partial charge in [0.1, 0.15) is 6.04 Å². The number of carbonyl (C=O) groups is 1. The molecule has 0 aromatic heterocycles. The first-order valence-electron chi connectivity index (χ1n) is 5.45. The summed E-state index contributed by atoms with van der Waals surface area (Å²) in [5.74, 6) is -0.282. The average Bonchev–Trinajstić information content (AvgIpc) is 2.28. The average molecular weight is 328 g/mol. The van der Waals surface area contributed by atoms with E-state index in [0.717, 1.165) is 5.56 Å². The van der Waals surface area contributed by atoms with Crippen molar-refractivity contribution in [1.29, 1.82) is 0 Å². The molecule has 0 radical (unpaired) electrons. The topological polar surface area (TPSA) is 64.3 Å². The summed E-state index contributed by atoms with van der Waals surface area (Å²) in [6.45, 7) is 2.00. The minimum atomic E-state index is -0.691. The van der Waals surface area contributed by atoms with Crippen molar-refractivity contribution in [3.8, 4) is 0 Å². The number of methoxy groups -OCH3 is 1. The second-order valence-electron chi connectivity index (χ2n) is 3.96. The molecule has 19 heavy (non-hydrogen) atoms. The highest BCUT2D eigenvalue weighted by molar-refractivity contribution is 6.35. The number of ether oxygens (including phenoxy) is 1. The van der Waals surface area contributed by atoms with Crippen LogP contribution in [0.1, 0.15) is 18.5 Å². The van der Waals surface area contributed by atoms with Crippen LogP contribution < -0.4 is 11.1 Å². The number of nitrogens with two attached hydrogens (primary N) is 1. The number of amides is 1. The SMILES string of the molecule is COCC(N)C(=O)NC(C)c1ccc(Cl)cc1Cl.Cl. The first-order valence-corrected chi connectivity index (χ1v) is 6.21. The van der Waals surface area contributed by atoms with Crippen LogP contribution in [0, 0.1) is 0 Å². The van der Waals surface area contributed by atoms with Crippen LogP contribution in [0.15, 0.2) is 18.2 Å². The van der Waals surface area contributed by atoms with E-state index in [1.165, 1.54) is 7.11 Å². The number of benzene rings is 1. The Balaban J connectivity index is 0.00000324. The highest BCUT2D eigenvalue weighted by Crippen LogP contribution is 2.25. The lowest BCUT2D eigenvalue weighted by molar-refractivity contribution is -0.124. The number of carbonyl (C=O) groups excluding carboxylic acids is 1. The van der Waals surface area contributed by atoms with Gasteiger partial charge >= 0.3 is 0 Å². The summed E-state index contributed by atoms with van der Waals surface area (Å²) >= 11 is 11.9. The second-order valence-corrected chi connectivity index (χ2v) is 4.80. The van der Waals surface area contributed by atoms with Gasteiger partial charge in [0.15, 0.2) is 0 Å². The summed E-state index contributed by atoms with van der Waals surface area (Å²) < 4.78 is 4.82. The third kappa shape index (κ3) is 5.55. The van der Waals surface area contributed by atoms with Gasteiger partial charge in [-0.15, -0.1) is 12.4 Å². The van der Waals surface area contributed by atoms with Gasteiger partial charge in [-0.3, -0.25) is 4.79 Å². The maximum Gasteiger partial charge on any atom is 0.239 e. The molecule has 4 nitrogen and oxygen atoms in total. The van der Waals surface area contributed by atoms with Crippen LogP contribution in [0.2, 0.25) is 10.0 Å². The zero-order valence-corrected chi connectivity index (χ0v) is 13.0. The quantitative estimate of drug-likeness (QED) is 0.873. The van der Waals surface area contributed by atoms with Crippen molar-refractivity contribution in [2.75, 3.05) is 13.7 Å². The van der Waals surface area contributed by atoms with Gasteiger partial charge < -0.3 is 15.8 Å². The number of rotatable bonds is 5. The zero-order valence-electron chi connectivity index (χ0n) is 10.7. The molecule has 108 valence electrons. The highest BCUT2D eigenvalue weighted by atomic mass is 35.5. The summed E-state index contributed by atoms with van der Waals surface area (Å²) in [5, 5.41) is 3.83. The van der Waals surface area contributed by atoms with Crippen LogP contribution in [0.5, 0.6) is 0 Å². The highest BCUT2D eigenvalue weighted by Gasteiger charge is 2.17. The molecule has 0 aliphatic heterocycles. The van der Waals surface area contributed by atoms with Crippen LogP contribution in [-0.2, 0) is 9.53 Å². The smallest absolute Gasteiger partial charge is 0.239 e. The second kappa shape index (κ2) is 8.61. The fourth-order valence-electron chi connectivity index (χ4n) is 1.51. The molecule has 0 aliphatic carbocycles. The Morgan fingerprint density at radius 2 is 2.11 bits per heavy atom. The molecule has 0 bridgehead atoms. The Kier molecular flexibility index (Phi) is 8.38. The summed E-state index contributed by atoms with van der Waals surface area (Å²) in [7, 11) is 1.49. The molecular weight excluding hydrogens is 311 g/mol. The van der Waals surface area contributed by atoms with Crippen LogP contribution in [0.3, 0.4) is 0 Å². The Labute approximate surface area is 129 Å². The van der Waals surface area contributed by atoms with Crippen molar-refractivity contribution in [3.05, 3.63) is 33.8 Å². The van der Waals surface area contributed by atoms with E-state index >= 15 is 0 Å². The monoisotopic (exact) mass is 326 g/mol. The van der Waals surface area contributed by atoms with Gasteiger partial charge in [-0.25, -0.2) is 0 Å². The van der Waals surface area contributed by atoms with Gasteiger partial charge in [-0.2, -0.15) is 0 Å². The van der Waals surface area contributed by atoms with Gasteiger partial charge in [0.05, 0.1) is 12.6 Å². The normalized spacial score (nSPS) is 13.3. The lowest BCUT2D eigenvalue weighted by Gasteiger charge is -2.18. The third-order valence-electron chi connectivity index (χ3n) is 2.47. The Morgan fingerprint density at radius 1 is 1.47 bits per heavy atom. The molecular formula is C12H17Cl3N2O2. The number of hydrogen-bond donors (Lipinski definition) is 2. The molecule has 2 unspecified atom stereocenters. The van der Waals surface area contributed by atoms with Crippen molar-refractivity contribution >= 4 is 41.5 Å². The van der Waals surface area contributed by atoms with Crippen LogP contribution in [0.4, 0.5) is 0 Å². The standard InChI is InChI=1S/C12H16Cl2N2O2.ClH/c1-7(16-12(17)11(15)6-18-2)9-4-3-8(13)5-10(9)14;/h3-5,7,11H,6,15H2,1-2H3,(H,16,17);1H. The van der Waals surface area contributed by atoms with E-state index in [2.05, 4.69) is 5.32 Å². The lowest BCUT2D eigenvalue weighted by Crippen LogP contribution is -2.44. The molecule has 0 heterocycles. The van der Waals surface area contributed by atoms with Crippen molar-refractivity contribution in [2.24, 2.45) is 5.73 Å². The van der Waals surface area contributed by atoms with E-state index in [4.69, 9.17) is 33.7 Å². The molecule has 0 spiro atoms. The van der Waals surface area contributed by atoms with Crippen LogP contribution in [-0.4, -0.2) is 25.7 Å². The van der Waals surface area contributed by atoms with Crippen LogP contribution in [0.25, 0.3) is 0 Å². The predicted octanol–water partition coefficient (Wildman–Crippen LogP) is 2.57. The van der Waals surface area contributed by atoms with E-state index in [0.29, 0.717) is 10.0 Å². The van der Waals surface area contributed by atoms with E-state index in [-0.39, 0.29) is 31.0 Å². The molecule has 1 aromatic carbocycles. The van der Waals surface area contributed by atoms with Gasteiger partial charge in [-0.1, -0.05) is 29.3 Å². The maximum atomic E-state index is 11.7. The summed E-state index contributed by atoms with van der Waals surface area (Å²) in [6, 6.07) is 4.20. The van der Waals surface area contributed by atoms with Gasteiger partial charge in [-0.05, 0) is 24.6 Å². The fraction of sp³-hybridized carbons (Fsp3) is 0.417. The minimum Gasteiger partial charge on any atom is -0.383 e. The molecule has 0 fully saturated rings. The Hall–Kier alpha value is -0.520. The lowest BCUT2D eigenvalue weighted by atomic mass is 10.1. The van der Waals surface area contributed by atoms with E-state index in [9.17, 15) is 4.79 Å². The van der Waals surface area contributed by atoms with E-state index < -0.39 is 6.04 Å². The van der Waals surface area contributed by atoms with Gasteiger partial charge in [0, 0.05) is 17.2 Å². The number of hydrogen-bond acceptors (Lipinski definition) is 3. The molecule has 1 aromatic rings. The van der Waals surface area contributed by atoms with E-state index in [1.54, 1.807) is 18.2 Å². The van der Waals surface area contributed by atoms with Crippen molar-refractivity contribution in [1.82, 2.24) is 5.32 Å². The Bertz CT molecular complexity index is 429. The van der Waals surface area contributed by atoms with Crippen molar-refractivity contribution < 1.29 is 9.53 Å². The molecule has 2 atom stereocenters. The molecule has 1 amide bonds. The molecule has 7 heteroatoms. The summed E-state index contributed by atoms with van der Waals surface area (Å²) in [4.78, 5) is 11.7. The first-order chi connectivity index (χ1) is 8.45. The predicted molar refractivity (Wildman–Crippen MR) is 80.1 cm³/mol. The van der Waals surface area contributed by atoms with Gasteiger partial charge in [0.25, 0.3) is 0 Å². The minimum absolute atomic E-state index is 0. The molecule has 0 saturated carbocycles. The number of nitrogens with one attached hydrogen (secondary N) is 1. The molecule has 1 rings (SSSR count). The number of halogens is 3.